The molecule has 0 aliphatic heterocycles. The summed E-state index contributed by atoms with van der Waals surface area (Å²) < 4.78 is 12.8. The number of furan rings is 2. The predicted molar refractivity (Wildman–Crippen MR) is 218 cm³/mol. The molecule has 0 fully saturated rings. The third-order valence-corrected chi connectivity index (χ3v) is 9.35. The van der Waals surface area contributed by atoms with Crippen LogP contribution < -0.4 is 9.80 Å². The van der Waals surface area contributed by atoms with Crippen LogP contribution in [0.1, 0.15) is 0 Å². The summed E-state index contributed by atoms with van der Waals surface area (Å²) in [5.41, 5.74) is 10.4. The van der Waals surface area contributed by atoms with E-state index in [4.69, 9.17) is 8.83 Å². The van der Waals surface area contributed by atoms with Crippen LogP contribution >= 0.6 is 0 Å². The van der Waals surface area contributed by atoms with E-state index < -0.39 is 0 Å². The molecule has 4 aromatic heterocycles. The standard InChI is InChI=1S/C48H34N4O2/c1-3-9-39(10-4-1)45-27-29-47(53-45)51(43-13-7-31-49-33-43)41-23-19-37(20-24-41)35-15-17-36(18-16-35)38-21-25-42(26-22-38)52(44-14-8-32-50-34-44)48-30-28-46(54-48)40-11-5-2-6-12-40/h1-34H. The Balaban J connectivity index is 0.955. The summed E-state index contributed by atoms with van der Waals surface area (Å²) in [5, 5.41) is 0. The molecule has 6 heteroatoms. The van der Waals surface area contributed by atoms with Crippen LogP contribution in [-0.4, -0.2) is 9.97 Å². The molecule has 0 radical (unpaired) electrons. The first kappa shape index (κ1) is 32.5. The zero-order valence-electron chi connectivity index (χ0n) is 29.2. The lowest BCUT2D eigenvalue weighted by molar-refractivity contribution is 0.588. The van der Waals surface area contributed by atoms with Crippen molar-refractivity contribution in [1.82, 2.24) is 9.97 Å². The fraction of sp³-hybridized carbons (Fsp3) is 0. The second-order valence-corrected chi connectivity index (χ2v) is 12.8. The average molecular weight is 699 g/mol. The van der Waals surface area contributed by atoms with E-state index in [1.807, 2.05) is 122 Å². The van der Waals surface area contributed by atoms with Crippen molar-refractivity contribution >= 4 is 34.5 Å². The van der Waals surface area contributed by atoms with E-state index in [1.54, 1.807) is 12.4 Å². The van der Waals surface area contributed by atoms with Crippen molar-refractivity contribution < 1.29 is 8.83 Å². The van der Waals surface area contributed by atoms with Crippen LogP contribution in [0.25, 0.3) is 44.9 Å². The van der Waals surface area contributed by atoms with Gasteiger partial charge in [0.2, 0.25) is 11.8 Å². The van der Waals surface area contributed by atoms with E-state index in [2.05, 4.69) is 92.6 Å². The van der Waals surface area contributed by atoms with Gasteiger partial charge in [0.05, 0.1) is 23.8 Å². The lowest BCUT2D eigenvalue weighted by atomic mass is 10.00. The lowest BCUT2D eigenvalue weighted by Crippen LogP contribution is -2.09. The Morgan fingerprint density at radius 1 is 0.296 bits per heavy atom. The van der Waals surface area contributed by atoms with Gasteiger partial charge in [-0.15, -0.1) is 0 Å². The molecular weight excluding hydrogens is 665 g/mol. The Bertz CT molecular complexity index is 2380. The molecule has 0 amide bonds. The van der Waals surface area contributed by atoms with Gasteiger partial charge in [-0.05, 0) is 82.9 Å². The molecule has 6 nitrogen and oxygen atoms in total. The molecule has 0 atom stereocenters. The molecule has 0 saturated heterocycles. The summed E-state index contributed by atoms with van der Waals surface area (Å²) in [6, 6.07) is 62.0. The van der Waals surface area contributed by atoms with E-state index in [-0.39, 0.29) is 0 Å². The first-order valence-corrected chi connectivity index (χ1v) is 17.8. The maximum atomic E-state index is 6.38. The van der Waals surface area contributed by atoms with E-state index in [0.29, 0.717) is 0 Å². The first-order chi connectivity index (χ1) is 26.8. The SMILES string of the molecule is c1ccc(-c2ccc(N(c3ccc(-c4ccc(-c5ccc(N(c6cccnc6)c6ccc(-c7ccccc7)o6)cc5)cc4)cc3)c3cccnc3)o2)cc1. The number of nitrogens with zero attached hydrogens (tertiary/aromatic N) is 4. The van der Waals surface area contributed by atoms with Gasteiger partial charge in [-0.2, -0.15) is 0 Å². The lowest BCUT2D eigenvalue weighted by Gasteiger charge is -2.22. The summed E-state index contributed by atoms with van der Waals surface area (Å²) in [6.07, 6.45) is 7.25. The van der Waals surface area contributed by atoms with Crippen molar-refractivity contribution in [3.63, 3.8) is 0 Å². The smallest absolute Gasteiger partial charge is 0.205 e. The van der Waals surface area contributed by atoms with Gasteiger partial charge in [0, 0.05) is 47.0 Å². The molecule has 0 aliphatic carbocycles. The molecule has 0 spiro atoms. The Morgan fingerprint density at radius 2 is 0.667 bits per heavy atom. The number of hydrogen-bond donors (Lipinski definition) is 0. The summed E-state index contributed by atoms with van der Waals surface area (Å²) in [4.78, 5) is 12.9. The molecule has 0 N–H and O–H groups in total. The number of benzene rings is 5. The van der Waals surface area contributed by atoms with Crippen molar-refractivity contribution in [3.05, 3.63) is 207 Å². The Hall–Kier alpha value is -7.44. The van der Waals surface area contributed by atoms with Crippen molar-refractivity contribution in [2.75, 3.05) is 9.80 Å². The van der Waals surface area contributed by atoms with Crippen molar-refractivity contribution in [3.8, 4) is 44.9 Å². The second-order valence-electron chi connectivity index (χ2n) is 12.8. The molecule has 0 bridgehead atoms. The van der Waals surface area contributed by atoms with Gasteiger partial charge in [0.15, 0.2) is 0 Å². The highest BCUT2D eigenvalue weighted by Gasteiger charge is 2.19. The highest BCUT2D eigenvalue weighted by atomic mass is 16.4. The van der Waals surface area contributed by atoms with E-state index in [9.17, 15) is 0 Å². The third-order valence-electron chi connectivity index (χ3n) is 9.35. The minimum Gasteiger partial charge on any atom is -0.440 e. The van der Waals surface area contributed by atoms with Crippen LogP contribution in [0.3, 0.4) is 0 Å². The van der Waals surface area contributed by atoms with Crippen LogP contribution in [0.5, 0.6) is 0 Å². The van der Waals surface area contributed by atoms with Gasteiger partial charge >= 0.3 is 0 Å². The van der Waals surface area contributed by atoms with Gasteiger partial charge in [-0.1, -0.05) is 109 Å². The molecular formula is C48H34N4O2. The molecule has 5 aromatic carbocycles. The zero-order chi connectivity index (χ0) is 36.1. The maximum Gasteiger partial charge on any atom is 0.205 e. The minimum atomic E-state index is 0.717. The molecule has 4 heterocycles. The van der Waals surface area contributed by atoms with Crippen molar-refractivity contribution in [2.24, 2.45) is 0 Å². The number of pyridine rings is 2. The second kappa shape index (κ2) is 14.7. The van der Waals surface area contributed by atoms with Crippen LogP contribution in [0.15, 0.2) is 216 Å². The molecule has 0 unspecified atom stereocenters. The monoisotopic (exact) mass is 698 g/mol. The fourth-order valence-electron chi connectivity index (χ4n) is 6.65. The topological polar surface area (TPSA) is 58.5 Å². The van der Waals surface area contributed by atoms with Crippen molar-refractivity contribution in [2.45, 2.75) is 0 Å². The van der Waals surface area contributed by atoms with Gasteiger partial charge in [-0.3, -0.25) is 19.8 Å². The summed E-state index contributed by atoms with van der Waals surface area (Å²) in [6.45, 7) is 0. The molecule has 0 aliphatic rings. The highest BCUT2D eigenvalue weighted by molar-refractivity contribution is 5.79. The van der Waals surface area contributed by atoms with Crippen LogP contribution in [0, 0.1) is 0 Å². The Kier molecular flexibility index (Phi) is 8.81. The number of aromatic nitrogens is 2. The predicted octanol–water partition coefficient (Wildman–Crippen LogP) is 13.3. The summed E-state index contributed by atoms with van der Waals surface area (Å²) in [5.74, 6) is 3.06. The van der Waals surface area contributed by atoms with Crippen LogP contribution in [0.4, 0.5) is 34.5 Å². The highest BCUT2D eigenvalue weighted by Crippen LogP contribution is 2.40. The Morgan fingerprint density at radius 3 is 1.02 bits per heavy atom. The van der Waals surface area contributed by atoms with Gasteiger partial charge < -0.3 is 8.83 Å². The van der Waals surface area contributed by atoms with E-state index >= 15 is 0 Å². The Labute approximate surface area is 313 Å². The average Bonchev–Trinajstić information content (AvgIpc) is 3.95. The number of rotatable bonds is 10. The van der Waals surface area contributed by atoms with Gasteiger partial charge in [0.25, 0.3) is 0 Å². The van der Waals surface area contributed by atoms with Crippen LogP contribution in [0.2, 0.25) is 0 Å². The molecule has 0 saturated carbocycles. The number of anilines is 6. The van der Waals surface area contributed by atoms with Crippen molar-refractivity contribution in [1.29, 1.82) is 0 Å². The number of hydrogen-bond acceptors (Lipinski definition) is 6. The minimum absolute atomic E-state index is 0.717. The molecule has 258 valence electrons. The third kappa shape index (κ3) is 6.67. The molecule has 9 aromatic rings. The van der Waals surface area contributed by atoms with E-state index in [0.717, 1.165) is 79.4 Å². The van der Waals surface area contributed by atoms with Gasteiger partial charge in [0.1, 0.15) is 11.5 Å². The molecule has 54 heavy (non-hydrogen) atoms. The largest absolute Gasteiger partial charge is 0.440 e. The van der Waals surface area contributed by atoms with Gasteiger partial charge in [-0.25, -0.2) is 0 Å². The van der Waals surface area contributed by atoms with Crippen LogP contribution in [-0.2, 0) is 0 Å². The maximum absolute atomic E-state index is 6.38. The zero-order valence-corrected chi connectivity index (χ0v) is 29.2. The fourth-order valence-corrected chi connectivity index (χ4v) is 6.65. The quantitative estimate of drug-likeness (QED) is 0.142. The van der Waals surface area contributed by atoms with E-state index in [1.165, 1.54) is 0 Å². The summed E-state index contributed by atoms with van der Waals surface area (Å²) >= 11 is 0. The summed E-state index contributed by atoms with van der Waals surface area (Å²) in [7, 11) is 0. The first-order valence-electron chi connectivity index (χ1n) is 17.8. The normalized spacial score (nSPS) is 11.0. The molecule has 9 rings (SSSR count).